The number of non-ortho nitro benzene ring substituents is 1. The van der Waals surface area contributed by atoms with E-state index >= 15 is 0 Å². The van der Waals surface area contributed by atoms with E-state index in [1.165, 1.54) is 6.07 Å². The number of hydrogen-bond acceptors (Lipinski definition) is 3. The van der Waals surface area contributed by atoms with Crippen LogP contribution >= 0.6 is 0 Å². The molecule has 0 radical (unpaired) electrons. The molecule has 4 heteroatoms. The summed E-state index contributed by atoms with van der Waals surface area (Å²) in [5.41, 5.74) is 7.63. The highest BCUT2D eigenvalue weighted by Gasteiger charge is 2.06. The van der Waals surface area contributed by atoms with E-state index in [-0.39, 0.29) is 5.69 Å². The zero-order chi connectivity index (χ0) is 12.1. The van der Waals surface area contributed by atoms with Gasteiger partial charge in [0.2, 0.25) is 0 Å². The maximum Gasteiger partial charge on any atom is 0.270 e. The fourth-order valence-corrected chi connectivity index (χ4v) is 1.40. The molecule has 0 saturated heterocycles. The van der Waals surface area contributed by atoms with Crippen molar-refractivity contribution in [1.29, 1.82) is 0 Å². The molecule has 2 N–H and O–H groups in total. The maximum absolute atomic E-state index is 10.6. The van der Waals surface area contributed by atoms with Gasteiger partial charge < -0.3 is 5.73 Å². The predicted molar refractivity (Wildman–Crippen MR) is 65.0 cm³/mol. The molecule has 0 spiro atoms. The van der Waals surface area contributed by atoms with Crippen LogP contribution < -0.4 is 5.73 Å². The minimum absolute atomic E-state index is 0.105. The van der Waals surface area contributed by atoms with Crippen LogP contribution in [0.3, 0.4) is 0 Å². The number of benzene rings is 1. The fourth-order valence-electron chi connectivity index (χ4n) is 1.40. The molecule has 4 nitrogen and oxygen atoms in total. The largest absolute Gasteiger partial charge is 0.327 e. The standard InChI is InChI=1S/C12H16N2O2/c1-9(2)11(8-13)6-10-4-3-5-12(7-10)14(15)16/h3-7,9H,8,13H2,1-2H3. The van der Waals surface area contributed by atoms with Crippen LogP contribution in [0.4, 0.5) is 5.69 Å². The van der Waals surface area contributed by atoms with Crippen LogP contribution in [-0.2, 0) is 0 Å². The highest BCUT2D eigenvalue weighted by molar-refractivity contribution is 5.56. The summed E-state index contributed by atoms with van der Waals surface area (Å²) in [6.07, 6.45) is 1.91. The van der Waals surface area contributed by atoms with E-state index in [0.717, 1.165) is 11.1 Å². The number of nitrogens with zero attached hydrogens (tertiary/aromatic N) is 1. The third-order valence-electron chi connectivity index (χ3n) is 2.41. The number of hydrogen-bond donors (Lipinski definition) is 1. The second-order valence-electron chi connectivity index (χ2n) is 3.93. The smallest absolute Gasteiger partial charge is 0.270 e. The molecule has 0 aliphatic carbocycles. The van der Waals surface area contributed by atoms with Crippen molar-refractivity contribution in [3.63, 3.8) is 0 Å². The Labute approximate surface area is 94.9 Å². The van der Waals surface area contributed by atoms with E-state index in [9.17, 15) is 10.1 Å². The second-order valence-corrected chi connectivity index (χ2v) is 3.93. The van der Waals surface area contributed by atoms with Crippen molar-refractivity contribution >= 4 is 11.8 Å². The summed E-state index contributed by atoms with van der Waals surface area (Å²) in [6.45, 7) is 4.58. The summed E-state index contributed by atoms with van der Waals surface area (Å²) in [7, 11) is 0. The summed E-state index contributed by atoms with van der Waals surface area (Å²) in [6, 6.07) is 6.55. The second kappa shape index (κ2) is 5.42. The Morgan fingerprint density at radius 1 is 1.56 bits per heavy atom. The van der Waals surface area contributed by atoms with E-state index in [1.54, 1.807) is 12.1 Å². The molecule has 1 aromatic carbocycles. The molecule has 0 aliphatic heterocycles. The molecule has 1 aromatic rings. The minimum atomic E-state index is -0.394. The van der Waals surface area contributed by atoms with Crippen LogP contribution in [0, 0.1) is 16.0 Å². The van der Waals surface area contributed by atoms with E-state index in [2.05, 4.69) is 13.8 Å². The first-order valence-electron chi connectivity index (χ1n) is 5.19. The molecule has 0 bridgehead atoms. The molecule has 1 rings (SSSR count). The monoisotopic (exact) mass is 220 g/mol. The Balaban J connectivity index is 3.05. The van der Waals surface area contributed by atoms with Gasteiger partial charge >= 0.3 is 0 Å². The molecular formula is C12H16N2O2. The first kappa shape index (κ1) is 12.4. The first-order valence-corrected chi connectivity index (χ1v) is 5.19. The Bertz CT molecular complexity index is 411. The molecule has 0 unspecified atom stereocenters. The lowest BCUT2D eigenvalue weighted by atomic mass is 10.0. The van der Waals surface area contributed by atoms with Gasteiger partial charge in [-0.25, -0.2) is 0 Å². The molecule has 0 heterocycles. The van der Waals surface area contributed by atoms with E-state index < -0.39 is 4.92 Å². The van der Waals surface area contributed by atoms with Gasteiger partial charge in [0.1, 0.15) is 0 Å². The normalized spacial score (nSPS) is 11.9. The number of nitrogens with two attached hydrogens (primary N) is 1. The van der Waals surface area contributed by atoms with Gasteiger partial charge in [0.15, 0.2) is 0 Å². The topological polar surface area (TPSA) is 69.2 Å². The van der Waals surface area contributed by atoms with Crippen molar-refractivity contribution in [1.82, 2.24) is 0 Å². The molecular weight excluding hydrogens is 204 g/mol. The lowest BCUT2D eigenvalue weighted by Gasteiger charge is -2.08. The lowest BCUT2D eigenvalue weighted by Crippen LogP contribution is -2.08. The highest BCUT2D eigenvalue weighted by atomic mass is 16.6. The molecule has 86 valence electrons. The number of nitro groups is 1. The summed E-state index contributed by atoms with van der Waals surface area (Å²) in [5, 5.41) is 10.6. The van der Waals surface area contributed by atoms with Crippen molar-refractivity contribution < 1.29 is 4.92 Å². The molecule has 0 fully saturated rings. The average Bonchev–Trinajstić information content (AvgIpc) is 2.25. The zero-order valence-electron chi connectivity index (χ0n) is 9.51. The maximum atomic E-state index is 10.6. The van der Waals surface area contributed by atoms with Crippen LogP contribution in [0.5, 0.6) is 0 Å². The van der Waals surface area contributed by atoms with Gasteiger partial charge in [0.25, 0.3) is 5.69 Å². The average molecular weight is 220 g/mol. The van der Waals surface area contributed by atoms with Crippen LogP contribution in [0.2, 0.25) is 0 Å². The number of rotatable bonds is 4. The Hall–Kier alpha value is -1.68. The Morgan fingerprint density at radius 3 is 2.75 bits per heavy atom. The summed E-state index contributed by atoms with van der Waals surface area (Å²) >= 11 is 0. The summed E-state index contributed by atoms with van der Waals surface area (Å²) in [5.74, 6) is 0.351. The van der Waals surface area contributed by atoms with Crippen LogP contribution in [0.1, 0.15) is 19.4 Å². The van der Waals surface area contributed by atoms with E-state index in [0.29, 0.717) is 12.5 Å². The molecule has 16 heavy (non-hydrogen) atoms. The van der Waals surface area contributed by atoms with Crippen molar-refractivity contribution in [3.8, 4) is 0 Å². The third kappa shape index (κ3) is 3.17. The molecule has 0 aliphatic rings. The summed E-state index contributed by atoms with van der Waals surface area (Å²) < 4.78 is 0. The molecule has 0 saturated carbocycles. The molecule has 0 amide bonds. The predicted octanol–water partition coefficient (Wildman–Crippen LogP) is 2.59. The van der Waals surface area contributed by atoms with Crippen molar-refractivity contribution in [2.45, 2.75) is 13.8 Å². The third-order valence-corrected chi connectivity index (χ3v) is 2.41. The van der Waals surface area contributed by atoms with Crippen LogP contribution in [0.25, 0.3) is 6.08 Å². The first-order chi connectivity index (χ1) is 7.54. The van der Waals surface area contributed by atoms with Gasteiger partial charge in [-0.1, -0.05) is 37.6 Å². The number of nitro benzene ring substituents is 1. The van der Waals surface area contributed by atoms with Crippen molar-refractivity contribution in [2.24, 2.45) is 11.7 Å². The molecule has 0 atom stereocenters. The van der Waals surface area contributed by atoms with Crippen LogP contribution in [-0.4, -0.2) is 11.5 Å². The van der Waals surface area contributed by atoms with Crippen molar-refractivity contribution in [3.05, 3.63) is 45.5 Å². The Morgan fingerprint density at radius 2 is 2.25 bits per heavy atom. The Kier molecular flexibility index (Phi) is 4.19. The van der Waals surface area contributed by atoms with Gasteiger partial charge in [-0.05, 0) is 11.5 Å². The van der Waals surface area contributed by atoms with Crippen molar-refractivity contribution in [2.75, 3.05) is 6.54 Å². The van der Waals surface area contributed by atoms with Gasteiger partial charge in [-0.15, -0.1) is 0 Å². The summed E-state index contributed by atoms with van der Waals surface area (Å²) in [4.78, 5) is 10.2. The molecule has 0 aromatic heterocycles. The lowest BCUT2D eigenvalue weighted by molar-refractivity contribution is -0.384. The highest BCUT2D eigenvalue weighted by Crippen LogP contribution is 2.18. The van der Waals surface area contributed by atoms with Crippen LogP contribution in [0.15, 0.2) is 29.8 Å². The van der Waals surface area contributed by atoms with Gasteiger partial charge in [0, 0.05) is 18.7 Å². The fraction of sp³-hybridized carbons (Fsp3) is 0.333. The zero-order valence-corrected chi connectivity index (χ0v) is 9.51. The van der Waals surface area contributed by atoms with Gasteiger partial charge in [-0.3, -0.25) is 10.1 Å². The SMILES string of the molecule is CC(C)C(=Cc1cccc([N+](=O)[O-])c1)CN. The quantitative estimate of drug-likeness (QED) is 0.626. The van der Waals surface area contributed by atoms with Gasteiger partial charge in [-0.2, -0.15) is 0 Å². The van der Waals surface area contributed by atoms with Gasteiger partial charge in [0.05, 0.1) is 4.92 Å². The minimum Gasteiger partial charge on any atom is -0.327 e. The van der Waals surface area contributed by atoms with E-state index in [4.69, 9.17) is 5.73 Å². The van der Waals surface area contributed by atoms with E-state index in [1.807, 2.05) is 12.1 Å².